The van der Waals surface area contributed by atoms with E-state index >= 15 is 0 Å². The van der Waals surface area contributed by atoms with E-state index in [1.165, 1.54) is 6.08 Å². The average molecular weight is 326 g/mol. The molecule has 1 aliphatic heterocycles. The molecular formula is C18H21F3O2. The maximum Gasteiger partial charge on any atom is 0.429 e. The summed E-state index contributed by atoms with van der Waals surface area (Å²) < 4.78 is 45.0. The number of rotatable bonds is 5. The lowest BCUT2D eigenvalue weighted by Crippen LogP contribution is -2.40. The molecule has 0 fully saturated rings. The minimum atomic E-state index is -4.61. The number of fused-ring (bicyclic) bond motifs is 1. The molecule has 0 bridgehead atoms. The fraction of sp³-hybridized carbons (Fsp3) is 0.500. The Hall–Kier alpha value is -1.78. The minimum absolute atomic E-state index is 0.263. The lowest BCUT2D eigenvalue weighted by atomic mass is 9.93. The van der Waals surface area contributed by atoms with Gasteiger partial charge < -0.3 is 4.74 Å². The van der Waals surface area contributed by atoms with Crippen LogP contribution in [-0.2, 0) is 11.2 Å². The second-order valence-corrected chi connectivity index (χ2v) is 5.99. The molecule has 1 atom stereocenters. The Bertz CT molecular complexity index is 630. The molecule has 0 aliphatic carbocycles. The Balaban J connectivity index is 2.47. The zero-order valence-electron chi connectivity index (χ0n) is 13.6. The van der Waals surface area contributed by atoms with Gasteiger partial charge in [-0.1, -0.05) is 25.8 Å². The van der Waals surface area contributed by atoms with Gasteiger partial charge in [-0.2, -0.15) is 13.2 Å². The third kappa shape index (κ3) is 3.95. The van der Waals surface area contributed by atoms with Gasteiger partial charge in [0.05, 0.1) is 0 Å². The van der Waals surface area contributed by atoms with Crippen LogP contribution in [0.2, 0.25) is 0 Å². The summed E-state index contributed by atoms with van der Waals surface area (Å²) in [4.78, 5) is 11.6. The van der Waals surface area contributed by atoms with Crippen molar-refractivity contribution in [2.24, 2.45) is 0 Å². The number of alkyl halides is 3. The van der Waals surface area contributed by atoms with Crippen LogP contribution in [0.4, 0.5) is 13.2 Å². The van der Waals surface area contributed by atoms with Crippen molar-refractivity contribution >= 4 is 11.9 Å². The third-order valence-corrected chi connectivity index (χ3v) is 3.92. The van der Waals surface area contributed by atoms with Crippen LogP contribution in [0.1, 0.15) is 49.8 Å². The smallest absolute Gasteiger partial charge is 0.429 e. The number of ether oxygens (including phenoxy) is 1. The highest BCUT2D eigenvalue weighted by atomic mass is 19.4. The van der Waals surface area contributed by atoms with E-state index in [-0.39, 0.29) is 11.3 Å². The first kappa shape index (κ1) is 17.6. The van der Waals surface area contributed by atoms with Gasteiger partial charge in [0.1, 0.15) is 5.75 Å². The summed E-state index contributed by atoms with van der Waals surface area (Å²) in [6.45, 7) is 5.10. The predicted molar refractivity (Wildman–Crippen MR) is 83.5 cm³/mol. The normalized spacial score (nSPS) is 17.3. The van der Waals surface area contributed by atoms with Crippen molar-refractivity contribution in [3.05, 3.63) is 34.4 Å². The number of hydrogen-bond acceptors (Lipinski definition) is 2. The third-order valence-electron chi connectivity index (χ3n) is 3.92. The van der Waals surface area contributed by atoms with E-state index < -0.39 is 18.1 Å². The van der Waals surface area contributed by atoms with Crippen LogP contribution in [0.5, 0.6) is 5.75 Å². The Labute approximate surface area is 134 Å². The van der Waals surface area contributed by atoms with Crippen LogP contribution in [-0.4, -0.2) is 18.1 Å². The lowest BCUT2D eigenvalue weighted by Gasteiger charge is -2.29. The number of Topliss-reactive ketones (excluding diaryl/α,β-unsaturated/α-hetero) is 1. The molecule has 0 saturated heterocycles. The van der Waals surface area contributed by atoms with Crippen molar-refractivity contribution in [2.75, 3.05) is 0 Å². The average Bonchev–Trinajstić information content (AvgIpc) is 2.44. The Morgan fingerprint density at radius 1 is 1.26 bits per heavy atom. The quantitative estimate of drug-likeness (QED) is 0.710. The van der Waals surface area contributed by atoms with E-state index in [4.69, 9.17) is 4.74 Å². The molecule has 5 heteroatoms. The van der Waals surface area contributed by atoms with Crippen LogP contribution >= 0.6 is 0 Å². The fourth-order valence-electron chi connectivity index (χ4n) is 2.83. The van der Waals surface area contributed by atoms with Gasteiger partial charge >= 0.3 is 6.18 Å². The van der Waals surface area contributed by atoms with Crippen molar-refractivity contribution in [3.8, 4) is 5.75 Å². The first-order valence-corrected chi connectivity index (χ1v) is 7.83. The number of carbonyl (C=O) groups is 1. The zero-order chi connectivity index (χ0) is 17.2. The molecule has 1 aromatic carbocycles. The van der Waals surface area contributed by atoms with Gasteiger partial charge in [-0.3, -0.25) is 4.79 Å². The molecule has 1 heterocycles. The van der Waals surface area contributed by atoms with Gasteiger partial charge in [0.15, 0.2) is 5.78 Å². The molecule has 23 heavy (non-hydrogen) atoms. The maximum atomic E-state index is 13.2. The second-order valence-electron chi connectivity index (χ2n) is 5.99. The van der Waals surface area contributed by atoms with Crippen LogP contribution in [0.3, 0.4) is 0 Å². The van der Waals surface area contributed by atoms with Crippen LogP contribution < -0.4 is 4.74 Å². The largest absolute Gasteiger partial charge is 0.475 e. The summed E-state index contributed by atoms with van der Waals surface area (Å²) in [5.41, 5.74) is 1.95. The highest BCUT2D eigenvalue weighted by Crippen LogP contribution is 2.40. The zero-order valence-corrected chi connectivity index (χ0v) is 13.6. The van der Waals surface area contributed by atoms with Crippen molar-refractivity contribution in [3.63, 3.8) is 0 Å². The molecule has 2 rings (SSSR count). The molecule has 1 aliphatic rings. The number of benzene rings is 1. The first-order chi connectivity index (χ1) is 10.7. The molecule has 1 aromatic rings. The number of aryl methyl sites for hydroxylation is 2. The van der Waals surface area contributed by atoms with Crippen molar-refractivity contribution in [1.82, 2.24) is 0 Å². The van der Waals surface area contributed by atoms with Gasteiger partial charge in [-0.15, -0.1) is 0 Å². The van der Waals surface area contributed by atoms with E-state index in [1.807, 2.05) is 13.0 Å². The van der Waals surface area contributed by atoms with Gasteiger partial charge in [0.2, 0.25) is 6.10 Å². The van der Waals surface area contributed by atoms with Gasteiger partial charge in [0, 0.05) is 11.1 Å². The second kappa shape index (κ2) is 6.77. The first-order valence-electron chi connectivity index (χ1n) is 7.83. The molecule has 0 N–H and O–H groups in total. The van der Waals surface area contributed by atoms with Gasteiger partial charge in [-0.05, 0) is 50.0 Å². The molecule has 0 amide bonds. The summed E-state index contributed by atoms with van der Waals surface area (Å²) in [6, 6.07) is 3.63. The Kier molecular flexibility index (Phi) is 5.17. The molecule has 0 radical (unpaired) electrons. The van der Waals surface area contributed by atoms with Crippen molar-refractivity contribution in [1.29, 1.82) is 0 Å². The molecule has 1 unspecified atom stereocenters. The number of ketones is 1. The standard InChI is InChI=1S/C18H21F3O2/c1-4-5-6-7-13-8-11(2)9-14-10-15(12(3)22)17(18(19,20)21)23-16(13)14/h8-10,17H,4-7H2,1-3H3. The molecule has 0 saturated carbocycles. The topological polar surface area (TPSA) is 26.3 Å². The Morgan fingerprint density at radius 3 is 2.52 bits per heavy atom. The molecule has 0 spiro atoms. The fourth-order valence-corrected chi connectivity index (χ4v) is 2.83. The number of carbonyl (C=O) groups excluding carboxylic acids is 1. The van der Waals surface area contributed by atoms with E-state index in [0.717, 1.165) is 37.3 Å². The highest BCUT2D eigenvalue weighted by Gasteiger charge is 2.47. The summed E-state index contributed by atoms with van der Waals surface area (Å²) >= 11 is 0. The maximum absolute atomic E-state index is 13.2. The van der Waals surface area contributed by atoms with Crippen LogP contribution in [0, 0.1) is 6.92 Å². The number of unbranched alkanes of at least 4 members (excludes halogenated alkanes) is 2. The monoisotopic (exact) mass is 326 g/mol. The molecule has 0 aromatic heterocycles. The van der Waals surface area contributed by atoms with Crippen molar-refractivity contribution in [2.45, 2.75) is 58.7 Å². The molecule has 126 valence electrons. The van der Waals surface area contributed by atoms with Crippen LogP contribution in [0.15, 0.2) is 17.7 Å². The van der Waals surface area contributed by atoms with E-state index in [0.29, 0.717) is 12.0 Å². The minimum Gasteiger partial charge on any atom is -0.475 e. The molecular weight excluding hydrogens is 305 g/mol. The number of halogens is 3. The SMILES string of the molecule is CCCCCc1cc(C)cc2c1OC(C(F)(F)F)C(C(C)=O)=C2. The van der Waals surface area contributed by atoms with Crippen molar-refractivity contribution < 1.29 is 22.7 Å². The predicted octanol–water partition coefficient (Wildman–Crippen LogP) is 5.02. The van der Waals surface area contributed by atoms with Gasteiger partial charge in [0.25, 0.3) is 0 Å². The lowest BCUT2D eigenvalue weighted by molar-refractivity contribution is -0.185. The van der Waals surface area contributed by atoms with E-state index in [2.05, 4.69) is 6.92 Å². The summed E-state index contributed by atoms with van der Waals surface area (Å²) in [7, 11) is 0. The summed E-state index contributed by atoms with van der Waals surface area (Å²) in [6.07, 6.45) is -1.84. The molecule has 2 nitrogen and oxygen atoms in total. The number of hydrogen-bond donors (Lipinski definition) is 0. The summed E-state index contributed by atoms with van der Waals surface area (Å²) in [5.74, 6) is -0.356. The Morgan fingerprint density at radius 2 is 1.96 bits per heavy atom. The van der Waals surface area contributed by atoms with Crippen LogP contribution in [0.25, 0.3) is 6.08 Å². The summed E-state index contributed by atoms with van der Waals surface area (Å²) in [5, 5.41) is 0. The van der Waals surface area contributed by atoms with E-state index in [1.54, 1.807) is 6.07 Å². The van der Waals surface area contributed by atoms with Gasteiger partial charge in [-0.25, -0.2) is 0 Å². The van der Waals surface area contributed by atoms with E-state index in [9.17, 15) is 18.0 Å². The highest BCUT2D eigenvalue weighted by molar-refractivity contribution is 6.00.